The maximum absolute atomic E-state index is 14.8. The molecule has 0 saturated carbocycles. The highest BCUT2D eigenvalue weighted by atomic mass is 35.5. The fourth-order valence-corrected chi connectivity index (χ4v) is 8.54. The quantitative estimate of drug-likeness (QED) is 0.235. The number of rotatable bonds is 8. The van der Waals surface area contributed by atoms with Gasteiger partial charge in [-0.3, -0.25) is 14.4 Å². The van der Waals surface area contributed by atoms with E-state index in [0.717, 1.165) is 4.31 Å². The molecule has 0 aromatic heterocycles. The third-order valence-corrected chi connectivity index (χ3v) is 15.8. The molecule has 2 unspecified atom stereocenters. The molecule has 2 aliphatic heterocycles. The van der Waals surface area contributed by atoms with Gasteiger partial charge in [-0.25, -0.2) is 12.7 Å². The summed E-state index contributed by atoms with van der Waals surface area (Å²) in [6.07, 6.45) is -0.0114. The van der Waals surface area contributed by atoms with E-state index in [1.165, 1.54) is 12.1 Å². The molecular formula is C30H36Cl3N5O6SSi. The zero-order valence-corrected chi connectivity index (χ0v) is 30.2. The molecule has 2 N–H and O–H groups in total. The first kappa shape index (κ1) is 35.9. The van der Waals surface area contributed by atoms with E-state index in [1.807, 2.05) is 33.9 Å². The van der Waals surface area contributed by atoms with Crippen LogP contribution in [0.5, 0.6) is 5.75 Å². The summed E-state index contributed by atoms with van der Waals surface area (Å²) in [4.78, 5) is 46.8. The lowest BCUT2D eigenvalue weighted by atomic mass is 9.95. The SMILES string of the molecule is CC(C)(C)[Si](C)(C)Oc1c(N=C=Nc2cccc(Cl)c2Cl)ccc(Cl)c1S(=O)(=O)N(C(=O)C1CCNC(=O)C1)C1CCNC(=O)C1. The highest BCUT2D eigenvalue weighted by Gasteiger charge is 2.46. The molecule has 0 radical (unpaired) electrons. The molecule has 4 rings (SSSR count). The summed E-state index contributed by atoms with van der Waals surface area (Å²) in [5.41, 5.74) is 0.330. The van der Waals surface area contributed by atoms with Crippen LogP contribution in [0.4, 0.5) is 11.4 Å². The molecule has 2 aliphatic rings. The van der Waals surface area contributed by atoms with Crippen LogP contribution in [-0.2, 0) is 24.4 Å². The summed E-state index contributed by atoms with van der Waals surface area (Å²) in [7, 11) is -7.59. The van der Waals surface area contributed by atoms with Crippen molar-refractivity contribution in [2.24, 2.45) is 15.9 Å². The van der Waals surface area contributed by atoms with E-state index < -0.39 is 47.0 Å². The number of nitrogens with zero attached hydrogens (tertiary/aromatic N) is 3. The molecule has 0 spiro atoms. The largest absolute Gasteiger partial charge is 0.541 e. The van der Waals surface area contributed by atoms with Crippen LogP contribution in [-0.4, -0.2) is 63.9 Å². The van der Waals surface area contributed by atoms with Gasteiger partial charge in [0, 0.05) is 31.8 Å². The van der Waals surface area contributed by atoms with E-state index in [9.17, 15) is 22.8 Å². The number of amides is 3. The monoisotopic (exact) mass is 727 g/mol. The Morgan fingerprint density at radius 3 is 2.22 bits per heavy atom. The Bertz CT molecular complexity index is 1720. The standard InChI is InChI=1S/C30H36Cl3N5O6SSi/c1-30(2,3)46(4,5)44-27-23(37-17-36-22-8-6-7-20(31)26(22)33)10-9-21(32)28(27)45(42,43)38(19-12-14-35-25(40)16-19)29(41)18-11-13-34-24(39)15-18/h6-10,18-19H,11-16H2,1-5H3,(H,34,39)(H,35,40). The van der Waals surface area contributed by atoms with Crippen LogP contribution in [0.1, 0.15) is 46.5 Å². The third kappa shape index (κ3) is 7.78. The van der Waals surface area contributed by atoms with Gasteiger partial charge in [-0.1, -0.05) is 61.6 Å². The van der Waals surface area contributed by atoms with Gasteiger partial charge in [-0.05, 0) is 55.2 Å². The van der Waals surface area contributed by atoms with Crippen LogP contribution >= 0.6 is 34.8 Å². The molecular weight excluding hydrogens is 693 g/mol. The number of halogens is 3. The molecule has 2 fully saturated rings. The van der Waals surface area contributed by atoms with Crippen molar-refractivity contribution in [3.63, 3.8) is 0 Å². The van der Waals surface area contributed by atoms with Gasteiger partial charge in [0.2, 0.25) is 17.7 Å². The second kappa shape index (κ2) is 14.0. The number of hydrogen-bond acceptors (Lipinski definition) is 8. The summed E-state index contributed by atoms with van der Waals surface area (Å²) in [5, 5.41) is 5.21. The molecule has 16 heteroatoms. The number of benzene rings is 2. The van der Waals surface area contributed by atoms with E-state index in [-0.39, 0.29) is 81.9 Å². The first-order valence-corrected chi connectivity index (χ1v) is 20.2. The van der Waals surface area contributed by atoms with Gasteiger partial charge in [-0.15, -0.1) is 0 Å². The Morgan fingerprint density at radius 2 is 1.59 bits per heavy atom. The van der Waals surface area contributed by atoms with Crippen molar-refractivity contribution < 1.29 is 27.2 Å². The summed E-state index contributed by atoms with van der Waals surface area (Å²) in [6.45, 7) is 10.2. The number of piperidine rings is 2. The lowest BCUT2D eigenvalue weighted by molar-refractivity contribution is -0.138. The molecule has 2 heterocycles. The second-order valence-corrected chi connectivity index (χ2v) is 20.3. The highest BCUT2D eigenvalue weighted by molar-refractivity contribution is 7.90. The van der Waals surface area contributed by atoms with Crippen LogP contribution in [0.25, 0.3) is 0 Å². The van der Waals surface area contributed by atoms with Gasteiger partial charge >= 0.3 is 0 Å². The minimum Gasteiger partial charge on any atom is -0.541 e. The van der Waals surface area contributed by atoms with Crippen molar-refractivity contribution in [3.05, 3.63) is 45.4 Å². The Labute approximate surface area is 284 Å². The molecule has 0 bridgehead atoms. The molecule has 2 aromatic rings. The van der Waals surface area contributed by atoms with Crippen molar-refractivity contribution in [2.75, 3.05) is 13.1 Å². The van der Waals surface area contributed by atoms with E-state index in [4.69, 9.17) is 39.2 Å². The molecule has 2 saturated heterocycles. The highest BCUT2D eigenvalue weighted by Crippen LogP contribution is 2.47. The van der Waals surface area contributed by atoms with Gasteiger partial charge in [0.15, 0.2) is 5.75 Å². The van der Waals surface area contributed by atoms with Gasteiger partial charge < -0.3 is 15.1 Å². The first-order chi connectivity index (χ1) is 21.4. The third-order valence-electron chi connectivity index (χ3n) is 8.36. The molecule has 0 aliphatic carbocycles. The zero-order valence-electron chi connectivity index (χ0n) is 26.1. The van der Waals surface area contributed by atoms with Gasteiger partial charge in [0.1, 0.15) is 16.6 Å². The van der Waals surface area contributed by atoms with Gasteiger partial charge in [0.25, 0.3) is 18.3 Å². The van der Waals surface area contributed by atoms with E-state index in [0.29, 0.717) is 0 Å². The molecule has 2 atom stereocenters. The van der Waals surface area contributed by atoms with E-state index in [2.05, 4.69) is 26.6 Å². The Kier molecular flexibility index (Phi) is 11.0. The minimum absolute atomic E-state index is 0.0422. The molecule has 3 amide bonds. The van der Waals surface area contributed by atoms with Crippen LogP contribution < -0.4 is 15.1 Å². The number of nitrogens with one attached hydrogen (secondary N) is 2. The lowest BCUT2D eigenvalue weighted by Crippen LogP contribution is -2.54. The van der Waals surface area contributed by atoms with Crippen molar-refractivity contribution in [1.29, 1.82) is 0 Å². The normalized spacial score (nSPS) is 19.0. The van der Waals surface area contributed by atoms with Crippen molar-refractivity contribution in [3.8, 4) is 5.75 Å². The topological polar surface area (TPSA) is 147 Å². The smallest absolute Gasteiger partial charge is 0.271 e. The van der Waals surface area contributed by atoms with Crippen molar-refractivity contribution in [1.82, 2.24) is 14.9 Å². The molecule has 46 heavy (non-hydrogen) atoms. The van der Waals surface area contributed by atoms with Gasteiger partial charge in [0.05, 0.1) is 26.8 Å². The van der Waals surface area contributed by atoms with Crippen LogP contribution in [0.2, 0.25) is 33.2 Å². The Morgan fingerprint density at radius 1 is 0.957 bits per heavy atom. The zero-order chi connectivity index (χ0) is 34.0. The number of aliphatic imine (C=N–C) groups is 2. The molecule has 248 valence electrons. The maximum atomic E-state index is 14.8. The van der Waals surface area contributed by atoms with E-state index in [1.54, 1.807) is 18.2 Å². The maximum Gasteiger partial charge on any atom is 0.271 e. The average Bonchev–Trinajstić information content (AvgIpc) is 2.95. The first-order valence-electron chi connectivity index (χ1n) is 14.7. The van der Waals surface area contributed by atoms with Crippen LogP contribution in [0.3, 0.4) is 0 Å². The number of hydrogen-bond donors (Lipinski definition) is 2. The molecule has 11 nitrogen and oxygen atoms in total. The number of sulfonamides is 1. The fraction of sp³-hybridized carbons (Fsp3) is 0.467. The predicted octanol–water partition coefficient (Wildman–Crippen LogP) is 6.49. The second-order valence-electron chi connectivity index (χ2n) is 12.7. The predicted molar refractivity (Wildman–Crippen MR) is 181 cm³/mol. The average molecular weight is 729 g/mol. The fourth-order valence-electron chi connectivity index (χ4n) is 4.81. The Balaban J connectivity index is 1.94. The van der Waals surface area contributed by atoms with Crippen LogP contribution in [0, 0.1) is 5.92 Å². The van der Waals surface area contributed by atoms with Gasteiger partial charge in [-0.2, -0.15) is 9.98 Å². The number of carbonyl (C=O) groups excluding carboxylic acids is 3. The lowest BCUT2D eigenvalue weighted by Gasteiger charge is -2.39. The van der Waals surface area contributed by atoms with Crippen LogP contribution in [0.15, 0.2) is 45.2 Å². The minimum atomic E-state index is -4.80. The summed E-state index contributed by atoms with van der Waals surface area (Å²) in [5.74, 6) is -2.62. The Hall–Kier alpha value is -2.93. The van der Waals surface area contributed by atoms with Crippen molar-refractivity contribution >= 4 is 88.2 Å². The number of carbonyl (C=O) groups is 3. The summed E-state index contributed by atoms with van der Waals surface area (Å²) < 4.78 is 37.0. The van der Waals surface area contributed by atoms with Crippen molar-refractivity contribution in [2.45, 2.75) is 75.5 Å². The summed E-state index contributed by atoms with van der Waals surface area (Å²) in [6, 6.07) is 9.22. The summed E-state index contributed by atoms with van der Waals surface area (Å²) >= 11 is 19.0. The van der Waals surface area contributed by atoms with E-state index >= 15 is 0 Å². The molecule has 2 aromatic carbocycles.